The van der Waals surface area contributed by atoms with Gasteiger partial charge in [-0.25, -0.2) is 64.7 Å². The number of aldehydes is 1. The average molecular weight is 1670 g/mol. The molecule has 2 aliphatic heterocycles. The predicted octanol–water partition coefficient (Wildman–Crippen LogP) is 12.4. The maximum absolute atomic E-state index is 12.8. The molecule has 0 saturated carbocycles. The van der Waals surface area contributed by atoms with E-state index in [1.165, 1.54) is 99.9 Å². The van der Waals surface area contributed by atoms with Crippen molar-refractivity contribution in [2.75, 3.05) is 39.2 Å². The number of carbonyl (C=O) groups is 3. The van der Waals surface area contributed by atoms with Crippen LogP contribution in [0.25, 0.3) is 0 Å². The Bertz CT molecular complexity index is 3650. The first-order valence-electron chi connectivity index (χ1n) is 31.7. The van der Waals surface area contributed by atoms with E-state index in [-0.39, 0.29) is 70.5 Å². The molecule has 2 saturated heterocycles. The Morgan fingerprint density at radius 2 is 0.990 bits per heavy atom. The first kappa shape index (κ1) is 101. The second-order valence-corrected chi connectivity index (χ2v) is 37.3. The summed E-state index contributed by atoms with van der Waals surface area (Å²) in [5.74, 6) is -3.84. The van der Waals surface area contributed by atoms with Crippen LogP contribution in [0.1, 0.15) is 199 Å². The van der Waals surface area contributed by atoms with Crippen molar-refractivity contribution >= 4 is 108 Å². The number of hydrogen-bond acceptors (Lipinski definition) is 18. The fraction of sp³-hybridized carbons (Fsp3) is 0.507. The number of methoxy groups -OCH3 is 2. The summed E-state index contributed by atoms with van der Waals surface area (Å²) in [5, 5.41) is 17.6. The van der Waals surface area contributed by atoms with Crippen molar-refractivity contribution in [3.05, 3.63) is 179 Å². The summed E-state index contributed by atoms with van der Waals surface area (Å²) in [6, 6.07) is 16.7. The van der Waals surface area contributed by atoms with Crippen LogP contribution in [0, 0.1) is 35.7 Å². The molecule has 0 spiro atoms. The van der Waals surface area contributed by atoms with Gasteiger partial charge in [-0.2, -0.15) is 30.7 Å². The van der Waals surface area contributed by atoms with Gasteiger partial charge in [0.2, 0.25) is 35.7 Å². The topological polar surface area (TPSA) is 330 Å². The van der Waals surface area contributed by atoms with Crippen LogP contribution in [-0.4, -0.2) is 148 Å². The summed E-state index contributed by atoms with van der Waals surface area (Å²) < 4.78 is 152. The van der Waals surface area contributed by atoms with Crippen molar-refractivity contribution in [2.45, 2.75) is 185 Å². The molecule has 6 N–H and O–H groups in total. The molecule has 590 valence electrons. The Balaban J connectivity index is 0. The number of carbonyl (C=O) groups excluding carboxylic acids is 3. The van der Waals surface area contributed by atoms with Gasteiger partial charge in [0, 0.05) is 79.8 Å². The predicted molar refractivity (Wildman–Crippen MR) is 411 cm³/mol. The zero-order chi connectivity index (χ0) is 78.6. The molecular formula is C69H102BrClF6N12O11S5. The molecule has 0 amide bonds. The highest BCUT2D eigenvalue weighted by molar-refractivity contribution is 9.09. The zero-order valence-electron chi connectivity index (χ0n) is 61.3. The number of nitrogens with two attached hydrogens (primary N) is 1. The Labute approximate surface area is 641 Å². The third kappa shape index (κ3) is 41.8. The molecule has 9 unspecified atom stereocenters. The first-order valence-corrected chi connectivity index (χ1v) is 38.5. The Morgan fingerprint density at radius 3 is 1.28 bits per heavy atom. The lowest BCUT2D eigenvalue weighted by Crippen LogP contribution is -2.47. The largest absolute Gasteiger partial charge is 0.469 e. The standard InChI is InChI=1S/C13H19FN2O3S.C12H19FN2O2S.C12H17FN2OS.C10H13FN2OS.C8H9FN2.C6H4FNO.C4H11NOS.C3H5BrO2.CH4.ClH/c1-13(2,3)20(18)16-10(7-12(17)19-4)9-5-6-11(14)15-8-9;1-12(2,3)18(17)15-10(6-7-16)9-4-5-11(13)14-8-9;1-12(2,3)17(16)15-7-6-10(15)9-4-5-11(13)14-8-9;1-10(2,3)15(14)13-7-8-4-5-9(11)12-6-8;9-8-2-1-6(5-11-8)7-3-4-10-7;7-6-2-1-5(4-9)3-8-6;1-4(2,3)7(5)6;1-6-3(5)2-4;;/h5-6,8,10,16H,7H2,1-4H3;4-5,8,10,15-16H,6-7H2,1-3H3;4-5,8,10H,6-7H2,1-3H3;4-7H,1-3H3;1-2,5,7,10H,3-4H2;1-4H;5H2,1-3H3;2H2,1H3;1H4;1H. The second-order valence-electron chi connectivity index (χ2n) is 26.8. The molecular weight excluding hydrogens is 1560 g/mol. The lowest BCUT2D eigenvalue weighted by atomic mass is 10.00. The Kier molecular flexibility index (Phi) is 48.0. The van der Waals surface area contributed by atoms with Gasteiger partial charge < -0.3 is 19.9 Å². The van der Waals surface area contributed by atoms with Crippen LogP contribution in [0.15, 0.2) is 114 Å². The third-order valence-electron chi connectivity index (χ3n) is 13.1. The summed E-state index contributed by atoms with van der Waals surface area (Å²) in [6.45, 7) is 29.7. The number of nitrogens with one attached hydrogen (secondary N) is 3. The smallest absolute Gasteiger partial charge is 0.316 e. The van der Waals surface area contributed by atoms with Crippen molar-refractivity contribution in [2.24, 2.45) is 9.54 Å². The van der Waals surface area contributed by atoms with E-state index < -0.39 is 112 Å². The molecule has 36 heteroatoms. The van der Waals surface area contributed by atoms with E-state index in [2.05, 4.69) is 74.5 Å². The van der Waals surface area contributed by atoms with Crippen LogP contribution in [-0.2, 0) is 74.0 Å². The van der Waals surface area contributed by atoms with Crippen molar-refractivity contribution in [3.63, 3.8) is 0 Å². The molecule has 6 aromatic rings. The number of hydrogen-bond donors (Lipinski definition) is 5. The van der Waals surface area contributed by atoms with Gasteiger partial charge in [-0.05, 0) is 200 Å². The van der Waals surface area contributed by atoms with Gasteiger partial charge in [0.1, 0.15) is 27.3 Å². The Morgan fingerprint density at radius 1 is 0.600 bits per heavy atom. The zero-order valence-corrected chi connectivity index (χ0v) is 67.8. The second kappa shape index (κ2) is 49.9. The summed E-state index contributed by atoms with van der Waals surface area (Å²) in [5.41, 5.74) is 4.33. The van der Waals surface area contributed by atoms with Gasteiger partial charge in [-0.1, -0.05) is 47.6 Å². The lowest BCUT2D eigenvalue weighted by molar-refractivity contribution is -0.141. The van der Waals surface area contributed by atoms with Gasteiger partial charge in [0.05, 0.1) is 89.4 Å². The molecule has 8 rings (SSSR count). The molecule has 2 fully saturated rings. The third-order valence-corrected chi connectivity index (χ3v) is 21.3. The minimum absolute atomic E-state index is 0. The van der Waals surface area contributed by atoms with E-state index in [1.807, 2.05) is 108 Å². The van der Waals surface area contributed by atoms with Gasteiger partial charge in [0.25, 0.3) is 0 Å². The van der Waals surface area contributed by atoms with Crippen LogP contribution in [0.4, 0.5) is 26.3 Å². The summed E-state index contributed by atoms with van der Waals surface area (Å²) in [6.07, 6.45) is 12.9. The minimum atomic E-state index is -1.37. The molecule has 0 radical (unpaired) electrons. The van der Waals surface area contributed by atoms with Crippen molar-refractivity contribution in [3.8, 4) is 0 Å². The highest BCUT2D eigenvalue weighted by Gasteiger charge is 2.38. The molecule has 0 bridgehead atoms. The number of aliphatic hydroxyl groups excluding tert-OH is 1. The van der Waals surface area contributed by atoms with E-state index in [0.717, 1.165) is 43.1 Å². The van der Waals surface area contributed by atoms with Crippen LogP contribution < -0.4 is 19.9 Å². The van der Waals surface area contributed by atoms with E-state index >= 15 is 0 Å². The molecule has 105 heavy (non-hydrogen) atoms. The number of aliphatic hydroxyl groups is 1. The average Bonchev–Trinajstić information content (AvgIpc) is 0.787. The summed E-state index contributed by atoms with van der Waals surface area (Å²) >= 11 is 2.90. The molecule has 8 heterocycles. The first-order chi connectivity index (χ1) is 47.8. The molecule has 9 atom stereocenters. The number of halogens is 8. The monoisotopic (exact) mass is 1660 g/mol. The van der Waals surface area contributed by atoms with Crippen molar-refractivity contribution < 1.29 is 76.4 Å². The number of rotatable bonds is 17. The van der Waals surface area contributed by atoms with Crippen LogP contribution in [0.5, 0.6) is 0 Å². The van der Waals surface area contributed by atoms with Crippen molar-refractivity contribution in [1.29, 1.82) is 0 Å². The van der Waals surface area contributed by atoms with E-state index in [4.69, 9.17) is 10.2 Å². The fourth-order valence-electron chi connectivity index (χ4n) is 6.94. The highest BCUT2D eigenvalue weighted by atomic mass is 79.9. The fourth-order valence-corrected chi connectivity index (χ4v) is 10.8. The lowest BCUT2D eigenvalue weighted by Gasteiger charge is -2.42. The number of alkyl halides is 1. The Hall–Kier alpha value is -5.96. The van der Waals surface area contributed by atoms with E-state index in [1.54, 1.807) is 24.4 Å². The number of ether oxygens (including phenoxy) is 2. The molecule has 0 aliphatic carbocycles. The maximum atomic E-state index is 12.8. The normalized spacial score (nSPS) is 15.9. The molecule has 6 aromatic heterocycles. The summed E-state index contributed by atoms with van der Waals surface area (Å²) in [4.78, 5) is 52.3. The SMILES string of the molecule is C.CC(C)(C)S(=O)N1CCC1c1ccc(F)nc1.CC(C)(C)S(=O)N=Cc1ccc(F)nc1.CC(C)(C)S(=O)NC(CCO)c1ccc(F)nc1.CC(C)(C)S(N)=O.COC(=O)CBr.COC(=O)CC(NS(=O)C(C)(C)C)c1ccc(F)nc1.Cl.Fc1ccc(C2CCN2)cn1.O=Cc1ccc(F)nc1. The highest BCUT2D eigenvalue weighted by Crippen LogP contribution is 2.37. The summed E-state index contributed by atoms with van der Waals surface area (Å²) in [7, 11) is -3.49. The van der Waals surface area contributed by atoms with E-state index in [0.29, 0.717) is 41.0 Å². The molecule has 0 aromatic carbocycles. The number of nitrogens with zero attached hydrogens (tertiary/aromatic N) is 8. The number of pyridine rings is 6. The van der Waals surface area contributed by atoms with Gasteiger partial charge in [-0.15, -0.1) is 12.4 Å². The van der Waals surface area contributed by atoms with Crippen molar-refractivity contribution in [1.82, 2.24) is 49.0 Å². The van der Waals surface area contributed by atoms with Gasteiger partial charge in [-0.3, -0.25) is 19.5 Å². The number of esters is 2. The van der Waals surface area contributed by atoms with Crippen LogP contribution in [0.3, 0.4) is 0 Å². The van der Waals surface area contributed by atoms with Crippen LogP contribution >= 0.6 is 28.3 Å². The molecule has 23 nitrogen and oxygen atoms in total. The quantitative estimate of drug-likeness (QED) is 0.0141. The minimum Gasteiger partial charge on any atom is -0.469 e. The van der Waals surface area contributed by atoms with Crippen LogP contribution in [0.2, 0.25) is 0 Å². The van der Waals surface area contributed by atoms with Gasteiger partial charge in [0.15, 0.2) is 6.29 Å². The van der Waals surface area contributed by atoms with Gasteiger partial charge >= 0.3 is 11.9 Å². The van der Waals surface area contributed by atoms with E-state index in [9.17, 15) is 61.8 Å². The number of aromatic nitrogens is 6. The maximum Gasteiger partial charge on any atom is 0.316 e. The molecule has 2 aliphatic rings.